The van der Waals surface area contributed by atoms with Crippen molar-refractivity contribution in [2.75, 3.05) is 30.7 Å². The Labute approximate surface area is 121 Å². The first-order chi connectivity index (χ1) is 9.14. The Morgan fingerprint density at radius 1 is 1.32 bits per heavy atom. The summed E-state index contributed by atoms with van der Waals surface area (Å²) in [6.45, 7) is 9.41. The molecule has 0 radical (unpaired) electrons. The lowest BCUT2D eigenvalue weighted by atomic mass is 10.1. The van der Waals surface area contributed by atoms with Gasteiger partial charge in [0, 0.05) is 35.8 Å². The van der Waals surface area contributed by atoms with Crippen LogP contribution in [0, 0.1) is 0 Å². The number of rotatable bonds is 2. The summed E-state index contributed by atoms with van der Waals surface area (Å²) in [4.78, 5) is 2.62. The summed E-state index contributed by atoms with van der Waals surface area (Å²) in [6, 6.07) is 6.78. The summed E-state index contributed by atoms with van der Waals surface area (Å²) in [7, 11) is 0. The fourth-order valence-electron chi connectivity index (χ4n) is 3.00. The van der Waals surface area contributed by atoms with Gasteiger partial charge in [-0.1, -0.05) is 32.0 Å². The minimum absolute atomic E-state index is 0.450. The first-order valence-corrected chi connectivity index (χ1v) is 8.34. The third-order valence-corrected chi connectivity index (χ3v) is 5.63. The van der Waals surface area contributed by atoms with E-state index in [1.807, 2.05) is 0 Å². The summed E-state index contributed by atoms with van der Waals surface area (Å²) >= 11 is 2.12. The van der Waals surface area contributed by atoms with Gasteiger partial charge < -0.3 is 5.32 Å². The first kappa shape index (κ1) is 13.3. The number of para-hydroxylation sites is 1. The zero-order valence-electron chi connectivity index (χ0n) is 12.0. The van der Waals surface area contributed by atoms with Crippen LogP contribution in [0.1, 0.15) is 31.4 Å². The molecular weight excluding hydrogens is 252 g/mol. The molecule has 0 unspecified atom stereocenters. The van der Waals surface area contributed by atoms with E-state index in [0.29, 0.717) is 4.75 Å². The van der Waals surface area contributed by atoms with Gasteiger partial charge in [0.2, 0.25) is 0 Å². The number of hydrogen-bond acceptors (Lipinski definition) is 3. The lowest BCUT2D eigenvalue weighted by molar-refractivity contribution is 0.277. The summed E-state index contributed by atoms with van der Waals surface area (Å²) in [5, 5.41) is 3.56. The molecule has 0 aromatic heterocycles. The van der Waals surface area contributed by atoms with Gasteiger partial charge in [-0.3, -0.25) is 4.90 Å². The van der Waals surface area contributed by atoms with E-state index in [-0.39, 0.29) is 0 Å². The van der Waals surface area contributed by atoms with Crippen molar-refractivity contribution < 1.29 is 0 Å². The third kappa shape index (κ3) is 3.09. The van der Waals surface area contributed by atoms with E-state index in [1.165, 1.54) is 48.5 Å². The van der Waals surface area contributed by atoms with Gasteiger partial charge in [0.15, 0.2) is 0 Å². The first-order valence-electron chi connectivity index (χ1n) is 7.35. The summed E-state index contributed by atoms with van der Waals surface area (Å²) in [6.07, 6.45) is 2.48. The lowest BCUT2D eigenvalue weighted by Gasteiger charge is -2.23. The smallest absolute Gasteiger partial charge is 0.0419 e. The Bertz CT molecular complexity index is 456. The standard InChI is InChI=1S/C16H24N2S/c1-16(2)7-9-18(10-11-19-16)12-14-5-3-4-13-6-8-17-15(13)14/h3-5,17H,6-12H2,1-2H3. The predicted molar refractivity (Wildman–Crippen MR) is 85.1 cm³/mol. The minimum Gasteiger partial charge on any atom is -0.384 e. The molecule has 3 rings (SSSR count). The van der Waals surface area contributed by atoms with Crippen molar-refractivity contribution in [2.45, 2.75) is 38.0 Å². The Morgan fingerprint density at radius 2 is 2.21 bits per heavy atom. The molecule has 0 amide bonds. The number of hydrogen-bond donors (Lipinski definition) is 1. The second-order valence-electron chi connectivity index (χ2n) is 6.26. The average Bonchev–Trinajstić information content (AvgIpc) is 2.78. The molecule has 2 nitrogen and oxygen atoms in total. The maximum atomic E-state index is 3.56. The van der Waals surface area contributed by atoms with E-state index in [9.17, 15) is 0 Å². The van der Waals surface area contributed by atoms with E-state index < -0.39 is 0 Å². The number of nitrogens with zero attached hydrogens (tertiary/aromatic N) is 1. The predicted octanol–water partition coefficient (Wildman–Crippen LogP) is 3.37. The van der Waals surface area contributed by atoms with Crippen molar-refractivity contribution in [3.05, 3.63) is 29.3 Å². The quantitative estimate of drug-likeness (QED) is 0.891. The zero-order chi connectivity index (χ0) is 13.3. The number of anilines is 1. The Balaban J connectivity index is 1.70. The molecule has 2 aliphatic heterocycles. The minimum atomic E-state index is 0.450. The van der Waals surface area contributed by atoms with Crippen LogP contribution in [0.2, 0.25) is 0 Å². The molecule has 0 spiro atoms. The molecule has 1 saturated heterocycles. The van der Waals surface area contributed by atoms with Crippen molar-refractivity contribution in [1.29, 1.82) is 0 Å². The summed E-state index contributed by atoms with van der Waals surface area (Å²) < 4.78 is 0.450. The molecular formula is C16H24N2S. The number of thioether (sulfide) groups is 1. The Hall–Kier alpha value is -0.670. The largest absolute Gasteiger partial charge is 0.384 e. The van der Waals surface area contributed by atoms with Crippen molar-refractivity contribution >= 4 is 17.4 Å². The maximum absolute atomic E-state index is 3.56. The number of nitrogens with one attached hydrogen (secondary N) is 1. The van der Waals surface area contributed by atoms with Crippen LogP contribution in [0.3, 0.4) is 0 Å². The van der Waals surface area contributed by atoms with Crippen LogP contribution in [0.4, 0.5) is 5.69 Å². The van der Waals surface area contributed by atoms with Gasteiger partial charge in [-0.15, -0.1) is 0 Å². The third-order valence-electron chi connectivity index (χ3n) is 4.26. The summed E-state index contributed by atoms with van der Waals surface area (Å²) in [5.74, 6) is 1.26. The highest BCUT2D eigenvalue weighted by Gasteiger charge is 2.24. The van der Waals surface area contributed by atoms with Crippen LogP contribution < -0.4 is 5.32 Å². The molecule has 2 aliphatic rings. The normalized spacial score (nSPS) is 22.6. The Kier molecular flexibility index (Phi) is 3.77. The lowest BCUT2D eigenvalue weighted by Crippen LogP contribution is -2.27. The van der Waals surface area contributed by atoms with E-state index in [4.69, 9.17) is 0 Å². The second-order valence-corrected chi connectivity index (χ2v) is 8.06. The molecule has 1 aromatic rings. The highest BCUT2D eigenvalue weighted by atomic mass is 32.2. The molecule has 0 bridgehead atoms. The fourth-order valence-corrected chi connectivity index (χ4v) is 4.14. The molecule has 0 atom stereocenters. The topological polar surface area (TPSA) is 15.3 Å². The van der Waals surface area contributed by atoms with Gasteiger partial charge in [-0.05, 0) is 30.5 Å². The van der Waals surface area contributed by atoms with Crippen molar-refractivity contribution in [3.8, 4) is 0 Å². The average molecular weight is 276 g/mol. The molecule has 19 heavy (non-hydrogen) atoms. The van der Waals surface area contributed by atoms with Gasteiger partial charge in [0.05, 0.1) is 0 Å². The van der Waals surface area contributed by atoms with Crippen LogP contribution in [0.15, 0.2) is 18.2 Å². The molecule has 3 heteroatoms. The van der Waals surface area contributed by atoms with Crippen LogP contribution in [-0.4, -0.2) is 35.0 Å². The molecule has 1 fully saturated rings. The van der Waals surface area contributed by atoms with Crippen LogP contribution in [0.5, 0.6) is 0 Å². The molecule has 0 saturated carbocycles. The molecule has 0 aliphatic carbocycles. The van der Waals surface area contributed by atoms with Crippen molar-refractivity contribution in [3.63, 3.8) is 0 Å². The second kappa shape index (κ2) is 5.37. The van der Waals surface area contributed by atoms with Gasteiger partial charge in [0.1, 0.15) is 0 Å². The summed E-state index contributed by atoms with van der Waals surface area (Å²) in [5.41, 5.74) is 4.40. The van der Waals surface area contributed by atoms with E-state index in [1.54, 1.807) is 0 Å². The van der Waals surface area contributed by atoms with Crippen LogP contribution in [0.25, 0.3) is 0 Å². The van der Waals surface area contributed by atoms with E-state index in [0.717, 1.165) is 13.1 Å². The maximum Gasteiger partial charge on any atom is 0.0419 e. The van der Waals surface area contributed by atoms with Gasteiger partial charge in [0.25, 0.3) is 0 Å². The SMILES string of the molecule is CC1(C)CCN(Cc2cccc3c2NCC3)CCS1. The molecule has 2 heterocycles. The van der Waals surface area contributed by atoms with E-state index >= 15 is 0 Å². The van der Waals surface area contributed by atoms with Gasteiger partial charge in [-0.2, -0.15) is 11.8 Å². The molecule has 104 valence electrons. The fraction of sp³-hybridized carbons (Fsp3) is 0.625. The Morgan fingerprint density at radius 3 is 3.11 bits per heavy atom. The van der Waals surface area contributed by atoms with Crippen LogP contribution >= 0.6 is 11.8 Å². The highest BCUT2D eigenvalue weighted by Crippen LogP contribution is 2.32. The number of benzene rings is 1. The number of fused-ring (bicyclic) bond motifs is 1. The van der Waals surface area contributed by atoms with Crippen LogP contribution in [-0.2, 0) is 13.0 Å². The van der Waals surface area contributed by atoms with Crippen molar-refractivity contribution in [1.82, 2.24) is 4.90 Å². The molecule has 1 aromatic carbocycles. The monoisotopic (exact) mass is 276 g/mol. The van der Waals surface area contributed by atoms with Crippen molar-refractivity contribution in [2.24, 2.45) is 0 Å². The zero-order valence-corrected chi connectivity index (χ0v) is 12.9. The van der Waals surface area contributed by atoms with Gasteiger partial charge in [-0.25, -0.2) is 0 Å². The molecule has 1 N–H and O–H groups in total. The highest BCUT2D eigenvalue weighted by molar-refractivity contribution is 8.00. The van der Waals surface area contributed by atoms with Gasteiger partial charge >= 0.3 is 0 Å². The van der Waals surface area contributed by atoms with E-state index in [2.05, 4.69) is 54.0 Å².